The molecule has 0 aliphatic rings. The van der Waals surface area contributed by atoms with Gasteiger partial charge in [-0.2, -0.15) is 23.0 Å². The molecule has 3 aromatic rings. The fourth-order valence-corrected chi connectivity index (χ4v) is 2.97. The quantitative estimate of drug-likeness (QED) is 0.568. The smallest absolute Gasteiger partial charge is 0.348 e. The number of nitrogens with zero attached hydrogens (tertiary/aromatic N) is 3. The minimum Gasteiger partial charge on any atom is -0.348 e. The van der Waals surface area contributed by atoms with Gasteiger partial charge in [-0.25, -0.2) is 9.18 Å². The highest BCUT2D eigenvalue weighted by molar-refractivity contribution is 5.91. The first-order chi connectivity index (χ1) is 15.5. The second-order valence-electron chi connectivity index (χ2n) is 7.36. The van der Waals surface area contributed by atoms with Crippen molar-refractivity contribution in [1.82, 2.24) is 19.7 Å². The lowest BCUT2D eigenvalue weighted by atomic mass is 10.2. The molecule has 33 heavy (non-hydrogen) atoms. The Morgan fingerprint density at radius 2 is 1.82 bits per heavy atom. The molecule has 11 heteroatoms. The first kappa shape index (κ1) is 23.9. The van der Waals surface area contributed by atoms with Gasteiger partial charge in [0.1, 0.15) is 5.82 Å². The third-order valence-electron chi connectivity index (χ3n) is 4.97. The van der Waals surface area contributed by atoms with Gasteiger partial charge in [0.2, 0.25) is 5.69 Å². The lowest BCUT2D eigenvalue weighted by Crippen LogP contribution is -2.47. The van der Waals surface area contributed by atoms with Crippen LogP contribution in [-0.4, -0.2) is 26.3 Å². The topological polar surface area (TPSA) is 86.0 Å². The Kier molecular flexibility index (Phi) is 6.80. The number of alkyl halides is 3. The van der Waals surface area contributed by atoms with Crippen LogP contribution in [0.4, 0.5) is 17.6 Å². The van der Waals surface area contributed by atoms with Crippen molar-refractivity contribution >= 4 is 5.91 Å². The van der Waals surface area contributed by atoms with E-state index in [4.69, 9.17) is 0 Å². The summed E-state index contributed by atoms with van der Waals surface area (Å²) in [4.78, 5) is 38.7. The van der Waals surface area contributed by atoms with E-state index in [1.807, 2.05) is 0 Å². The molecule has 1 aromatic heterocycles. The molecule has 3 rings (SSSR count). The number of nitrogens with one attached hydrogen (secondary N) is 1. The maximum absolute atomic E-state index is 14.2. The van der Waals surface area contributed by atoms with E-state index < -0.39 is 47.0 Å². The van der Waals surface area contributed by atoms with E-state index in [2.05, 4.69) is 10.4 Å². The minimum absolute atomic E-state index is 0.0215. The molecule has 0 aliphatic heterocycles. The van der Waals surface area contributed by atoms with Gasteiger partial charge in [0, 0.05) is 11.6 Å². The summed E-state index contributed by atoms with van der Waals surface area (Å²) in [6.45, 7) is 2.92. The van der Waals surface area contributed by atoms with E-state index >= 15 is 0 Å². The number of benzene rings is 2. The maximum Gasteiger partial charge on any atom is 0.416 e. The second-order valence-corrected chi connectivity index (χ2v) is 7.36. The van der Waals surface area contributed by atoms with Crippen molar-refractivity contribution in [1.29, 1.82) is 0 Å². The summed E-state index contributed by atoms with van der Waals surface area (Å²) in [5, 5.41) is 6.31. The van der Waals surface area contributed by atoms with Gasteiger partial charge in [-0.1, -0.05) is 31.2 Å². The maximum atomic E-state index is 14.2. The predicted octanol–water partition coefficient (Wildman–Crippen LogP) is 3.13. The third kappa shape index (κ3) is 5.18. The zero-order chi connectivity index (χ0) is 24.3. The number of rotatable bonds is 6. The Morgan fingerprint density at radius 3 is 2.45 bits per heavy atom. The zero-order valence-corrected chi connectivity index (χ0v) is 17.7. The van der Waals surface area contributed by atoms with Crippen molar-refractivity contribution in [2.45, 2.75) is 39.0 Å². The molecular weight excluding hydrogens is 444 g/mol. The molecule has 174 valence electrons. The molecule has 0 fully saturated rings. The van der Waals surface area contributed by atoms with E-state index in [1.165, 1.54) is 24.3 Å². The largest absolute Gasteiger partial charge is 0.416 e. The van der Waals surface area contributed by atoms with Crippen LogP contribution in [0.15, 0.2) is 58.1 Å². The molecule has 0 bridgehead atoms. The van der Waals surface area contributed by atoms with E-state index in [1.54, 1.807) is 13.8 Å². The number of carbonyl (C=O) groups excluding carboxylic acids is 1. The average Bonchev–Trinajstić information content (AvgIpc) is 2.77. The van der Waals surface area contributed by atoms with Gasteiger partial charge in [0.05, 0.1) is 17.8 Å². The number of hydrogen-bond donors (Lipinski definition) is 1. The van der Waals surface area contributed by atoms with E-state index in [0.717, 1.165) is 18.2 Å². The number of hydrogen-bond acceptors (Lipinski definition) is 4. The molecule has 0 radical (unpaired) electrons. The molecule has 0 saturated carbocycles. The Bertz CT molecular complexity index is 1300. The van der Waals surface area contributed by atoms with Crippen LogP contribution in [-0.2, 0) is 12.7 Å². The second kappa shape index (κ2) is 9.39. The average molecular weight is 464 g/mol. The molecule has 1 heterocycles. The van der Waals surface area contributed by atoms with Crippen LogP contribution in [0.2, 0.25) is 0 Å². The summed E-state index contributed by atoms with van der Waals surface area (Å²) in [5.41, 5.74) is -4.30. The Labute approximate surface area is 185 Å². The summed E-state index contributed by atoms with van der Waals surface area (Å²) >= 11 is 0. The molecular formula is C22H20F4N4O3. The van der Waals surface area contributed by atoms with Crippen LogP contribution < -0.4 is 16.6 Å². The molecule has 1 atom stereocenters. The minimum atomic E-state index is -4.70. The molecule has 0 saturated heterocycles. The molecule has 1 N–H and O–H groups in total. The Balaban J connectivity index is 2.24. The van der Waals surface area contributed by atoms with Gasteiger partial charge < -0.3 is 5.32 Å². The first-order valence-corrected chi connectivity index (χ1v) is 9.99. The standard InChI is InChI=1S/C22H20F4N4O3/c1-3-13(2)27-19(31)18-20(32)29(12-14-7-4-5-10-17(14)23)21(33)30(28-18)16-9-6-8-15(11-16)22(24,25)26/h4-11,13H,3,12H2,1-2H3,(H,27,31)/t13-/m0/s1. The van der Waals surface area contributed by atoms with Crippen molar-refractivity contribution < 1.29 is 22.4 Å². The number of amides is 1. The number of carbonyl (C=O) groups is 1. The lowest BCUT2D eigenvalue weighted by molar-refractivity contribution is -0.137. The zero-order valence-electron chi connectivity index (χ0n) is 17.7. The van der Waals surface area contributed by atoms with E-state index in [9.17, 15) is 31.9 Å². The monoisotopic (exact) mass is 464 g/mol. The summed E-state index contributed by atoms with van der Waals surface area (Å²) in [5.74, 6) is -1.60. The third-order valence-corrected chi connectivity index (χ3v) is 4.97. The van der Waals surface area contributed by atoms with Crippen molar-refractivity contribution in [2.24, 2.45) is 0 Å². The van der Waals surface area contributed by atoms with Crippen LogP contribution in [0.25, 0.3) is 5.69 Å². The molecule has 0 unspecified atom stereocenters. The lowest BCUT2D eigenvalue weighted by Gasteiger charge is -2.15. The van der Waals surface area contributed by atoms with Crippen LogP contribution in [0, 0.1) is 5.82 Å². The summed E-state index contributed by atoms with van der Waals surface area (Å²) in [6, 6.07) is 8.76. The van der Waals surface area contributed by atoms with Crippen LogP contribution in [0.5, 0.6) is 0 Å². The Morgan fingerprint density at radius 1 is 1.12 bits per heavy atom. The van der Waals surface area contributed by atoms with Gasteiger partial charge >= 0.3 is 11.9 Å². The van der Waals surface area contributed by atoms with E-state index in [-0.39, 0.29) is 17.3 Å². The highest BCUT2D eigenvalue weighted by Crippen LogP contribution is 2.29. The number of halogens is 4. The van der Waals surface area contributed by atoms with Crippen molar-refractivity contribution in [3.8, 4) is 5.69 Å². The van der Waals surface area contributed by atoms with E-state index in [0.29, 0.717) is 21.7 Å². The van der Waals surface area contributed by atoms with Gasteiger partial charge in [0.15, 0.2) is 0 Å². The van der Waals surface area contributed by atoms with Gasteiger partial charge in [-0.15, -0.1) is 0 Å². The highest BCUT2D eigenvalue weighted by Gasteiger charge is 2.31. The first-order valence-electron chi connectivity index (χ1n) is 9.99. The van der Waals surface area contributed by atoms with Crippen molar-refractivity contribution in [3.63, 3.8) is 0 Å². The predicted molar refractivity (Wildman–Crippen MR) is 112 cm³/mol. The summed E-state index contributed by atoms with van der Waals surface area (Å²) in [7, 11) is 0. The molecule has 2 aromatic carbocycles. The molecule has 0 spiro atoms. The van der Waals surface area contributed by atoms with Crippen LogP contribution in [0.3, 0.4) is 0 Å². The van der Waals surface area contributed by atoms with Gasteiger partial charge in [0.25, 0.3) is 11.5 Å². The molecule has 0 aliphatic carbocycles. The van der Waals surface area contributed by atoms with Crippen molar-refractivity contribution in [3.05, 3.63) is 92.0 Å². The fourth-order valence-electron chi connectivity index (χ4n) is 2.97. The Hall–Kier alpha value is -3.76. The fraction of sp³-hybridized carbons (Fsp3) is 0.273. The normalized spacial score (nSPS) is 12.4. The highest BCUT2D eigenvalue weighted by atomic mass is 19.4. The summed E-state index contributed by atoms with van der Waals surface area (Å²) in [6.07, 6.45) is -4.17. The SMILES string of the molecule is CC[C@H](C)NC(=O)c1nn(-c2cccc(C(F)(F)F)c2)c(=O)n(Cc2ccccc2F)c1=O. The van der Waals surface area contributed by atoms with Gasteiger partial charge in [-0.05, 0) is 37.6 Å². The van der Waals surface area contributed by atoms with Gasteiger partial charge in [-0.3, -0.25) is 14.2 Å². The molecule has 7 nitrogen and oxygen atoms in total. The van der Waals surface area contributed by atoms with Crippen LogP contribution >= 0.6 is 0 Å². The van der Waals surface area contributed by atoms with Crippen LogP contribution in [0.1, 0.15) is 41.9 Å². The summed E-state index contributed by atoms with van der Waals surface area (Å²) < 4.78 is 54.8. The molecule has 1 amide bonds. The van der Waals surface area contributed by atoms with Crippen molar-refractivity contribution in [2.75, 3.05) is 0 Å². The number of aromatic nitrogens is 3.